The molecule has 2 atom stereocenters. The first kappa shape index (κ1) is 9.65. The lowest BCUT2D eigenvalue weighted by Gasteiger charge is -2.17. The smallest absolute Gasteiger partial charge is 0.158 e. The van der Waals surface area contributed by atoms with E-state index in [0.29, 0.717) is 13.4 Å². The Bertz CT molecular complexity index is 273. The highest BCUT2D eigenvalue weighted by atomic mass is 16.8. The van der Waals surface area contributed by atoms with Gasteiger partial charge in [0.05, 0.1) is 6.61 Å². The van der Waals surface area contributed by atoms with Crippen LogP contribution in [0.2, 0.25) is 0 Å². The molecule has 3 heteroatoms. The van der Waals surface area contributed by atoms with E-state index < -0.39 is 0 Å². The molecule has 1 unspecified atom stereocenters. The Labute approximate surface area is 83.6 Å². The molecule has 0 bridgehead atoms. The van der Waals surface area contributed by atoms with Crippen molar-refractivity contribution in [2.75, 3.05) is 13.4 Å². The summed E-state index contributed by atoms with van der Waals surface area (Å²) in [6, 6.07) is 10.0. The first-order chi connectivity index (χ1) is 6.86. The van der Waals surface area contributed by atoms with Crippen LogP contribution >= 0.6 is 0 Å². The average Bonchev–Trinajstić information content (AvgIpc) is 2.44. The van der Waals surface area contributed by atoms with Crippen molar-refractivity contribution >= 4 is 0 Å². The molecule has 1 saturated heterocycles. The molecular weight excluding hydrogens is 180 g/mol. The summed E-state index contributed by atoms with van der Waals surface area (Å²) in [6.07, 6.45) is -0.226. The zero-order valence-corrected chi connectivity index (χ0v) is 8.18. The summed E-state index contributed by atoms with van der Waals surface area (Å²) in [5.41, 5.74) is 1.13. The maximum Gasteiger partial charge on any atom is 0.158 e. The van der Waals surface area contributed by atoms with Crippen molar-refractivity contribution < 1.29 is 14.2 Å². The molecule has 0 aliphatic carbocycles. The normalized spacial score (nSPS) is 28.4. The van der Waals surface area contributed by atoms with Crippen molar-refractivity contribution in [3.05, 3.63) is 35.9 Å². The van der Waals surface area contributed by atoms with Crippen LogP contribution in [0.25, 0.3) is 0 Å². The zero-order chi connectivity index (χ0) is 9.80. The first-order valence-corrected chi connectivity index (χ1v) is 4.76. The summed E-state index contributed by atoms with van der Waals surface area (Å²) in [5, 5.41) is 0. The summed E-state index contributed by atoms with van der Waals surface area (Å²) in [6.45, 7) is 2.74. The quantitative estimate of drug-likeness (QED) is 0.685. The predicted octanol–water partition coefficient (Wildman–Crippen LogP) is 2.09. The monoisotopic (exact) mass is 194 g/mol. The Balaban J connectivity index is 2.09. The van der Waals surface area contributed by atoms with E-state index in [0.717, 1.165) is 5.56 Å². The second-order valence-corrected chi connectivity index (χ2v) is 3.26. The Kier molecular flexibility index (Phi) is 3.14. The van der Waals surface area contributed by atoms with E-state index in [2.05, 4.69) is 0 Å². The lowest BCUT2D eigenvalue weighted by Crippen LogP contribution is -2.14. The standard InChI is InChI=1S/C11H14O3/c1-9-13-8-12-7-11(14-9)10-5-3-2-4-6-10/h2-6,9,11H,7-8H2,1H3/t9?,11-/m0/s1. The molecule has 3 nitrogen and oxygen atoms in total. The van der Waals surface area contributed by atoms with E-state index in [1.807, 2.05) is 37.3 Å². The average molecular weight is 194 g/mol. The number of hydrogen-bond acceptors (Lipinski definition) is 3. The van der Waals surface area contributed by atoms with Crippen molar-refractivity contribution in [1.82, 2.24) is 0 Å². The maximum atomic E-state index is 5.65. The summed E-state index contributed by atoms with van der Waals surface area (Å²) >= 11 is 0. The van der Waals surface area contributed by atoms with Gasteiger partial charge in [0.1, 0.15) is 12.9 Å². The Morgan fingerprint density at radius 3 is 2.79 bits per heavy atom. The van der Waals surface area contributed by atoms with Crippen LogP contribution in [-0.2, 0) is 14.2 Å². The van der Waals surface area contributed by atoms with Gasteiger partial charge in [-0.2, -0.15) is 0 Å². The van der Waals surface area contributed by atoms with Crippen molar-refractivity contribution in [1.29, 1.82) is 0 Å². The van der Waals surface area contributed by atoms with Crippen LogP contribution in [0.15, 0.2) is 30.3 Å². The molecule has 1 aliphatic heterocycles. The van der Waals surface area contributed by atoms with Gasteiger partial charge >= 0.3 is 0 Å². The minimum absolute atomic E-state index is 0.0197. The van der Waals surface area contributed by atoms with Crippen LogP contribution in [0, 0.1) is 0 Å². The van der Waals surface area contributed by atoms with Gasteiger partial charge in [-0.1, -0.05) is 30.3 Å². The SMILES string of the molecule is CC1OCOC[C@@H](c2ccccc2)O1. The summed E-state index contributed by atoms with van der Waals surface area (Å²) in [7, 11) is 0. The minimum Gasteiger partial charge on any atom is -0.352 e. The fraction of sp³-hybridized carbons (Fsp3) is 0.455. The number of hydrogen-bond donors (Lipinski definition) is 0. The number of benzene rings is 1. The molecule has 0 N–H and O–H groups in total. The molecule has 1 aromatic carbocycles. The second kappa shape index (κ2) is 4.55. The van der Waals surface area contributed by atoms with Gasteiger partial charge in [0.25, 0.3) is 0 Å². The molecule has 2 rings (SSSR count). The fourth-order valence-corrected chi connectivity index (χ4v) is 1.45. The number of ether oxygens (including phenoxy) is 3. The Morgan fingerprint density at radius 2 is 2.00 bits per heavy atom. The molecule has 1 aliphatic rings. The number of rotatable bonds is 1. The third-order valence-electron chi connectivity index (χ3n) is 2.18. The van der Waals surface area contributed by atoms with Gasteiger partial charge in [-0.05, 0) is 12.5 Å². The van der Waals surface area contributed by atoms with Crippen LogP contribution in [0.3, 0.4) is 0 Å². The lowest BCUT2D eigenvalue weighted by atomic mass is 10.1. The van der Waals surface area contributed by atoms with Gasteiger partial charge < -0.3 is 14.2 Å². The third-order valence-corrected chi connectivity index (χ3v) is 2.18. The molecular formula is C11H14O3. The predicted molar refractivity (Wildman–Crippen MR) is 51.6 cm³/mol. The van der Waals surface area contributed by atoms with Crippen molar-refractivity contribution in [3.8, 4) is 0 Å². The highest BCUT2D eigenvalue weighted by Crippen LogP contribution is 2.21. The van der Waals surface area contributed by atoms with Crippen LogP contribution in [0.5, 0.6) is 0 Å². The van der Waals surface area contributed by atoms with E-state index in [1.165, 1.54) is 0 Å². The van der Waals surface area contributed by atoms with E-state index >= 15 is 0 Å². The van der Waals surface area contributed by atoms with Crippen LogP contribution in [0.1, 0.15) is 18.6 Å². The summed E-state index contributed by atoms with van der Waals surface area (Å²) in [4.78, 5) is 0. The fourth-order valence-electron chi connectivity index (χ4n) is 1.45. The minimum atomic E-state index is -0.206. The molecule has 1 heterocycles. The Hall–Kier alpha value is -0.900. The third kappa shape index (κ3) is 2.32. The van der Waals surface area contributed by atoms with E-state index in [9.17, 15) is 0 Å². The molecule has 0 radical (unpaired) electrons. The van der Waals surface area contributed by atoms with Crippen LogP contribution < -0.4 is 0 Å². The molecule has 1 fully saturated rings. The zero-order valence-electron chi connectivity index (χ0n) is 8.18. The lowest BCUT2D eigenvalue weighted by molar-refractivity contribution is -0.155. The molecule has 14 heavy (non-hydrogen) atoms. The van der Waals surface area contributed by atoms with E-state index in [1.54, 1.807) is 0 Å². The highest BCUT2D eigenvalue weighted by Gasteiger charge is 2.19. The Morgan fingerprint density at radius 1 is 1.21 bits per heavy atom. The molecule has 0 amide bonds. The van der Waals surface area contributed by atoms with Crippen molar-refractivity contribution in [3.63, 3.8) is 0 Å². The van der Waals surface area contributed by atoms with Crippen LogP contribution in [0.4, 0.5) is 0 Å². The van der Waals surface area contributed by atoms with Gasteiger partial charge in [-0.3, -0.25) is 0 Å². The van der Waals surface area contributed by atoms with Gasteiger partial charge in [-0.25, -0.2) is 0 Å². The van der Waals surface area contributed by atoms with E-state index in [4.69, 9.17) is 14.2 Å². The van der Waals surface area contributed by atoms with Gasteiger partial charge in [0.15, 0.2) is 6.29 Å². The largest absolute Gasteiger partial charge is 0.352 e. The maximum absolute atomic E-state index is 5.65. The molecule has 0 spiro atoms. The van der Waals surface area contributed by atoms with Crippen LogP contribution in [-0.4, -0.2) is 19.7 Å². The summed E-state index contributed by atoms with van der Waals surface area (Å²) < 4.78 is 16.1. The highest BCUT2D eigenvalue weighted by molar-refractivity contribution is 5.17. The second-order valence-electron chi connectivity index (χ2n) is 3.26. The molecule has 76 valence electrons. The van der Waals surface area contributed by atoms with Crippen molar-refractivity contribution in [2.45, 2.75) is 19.3 Å². The molecule has 1 aromatic rings. The van der Waals surface area contributed by atoms with Gasteiger partial charge in [-0.15, -0.1) is 0 Å². The first-order valence-electron chi connectivity index (χ1n) is 4.76. The molecule has 0 saturated carbocycles. The van der Waals surface area contributed by atoms with Gasteiger partial charge in [0, 0.05) is 0 Å². The van der Waals surface area contributed by atoms with Crippen molar-refractivity contribution in [2.24, 2.45) is 0 Å². The topological polar surface area (TPSA) is 27.7 Å². The summed E-state index contributed by atoms with van der Waals surface area (Å²) in [5.74, 6) is 0. The van der Waals surface area contributed by atoms with E-state index in [-0.39, 0.29) is 12.4 Å². The molecule has 0 aromatic heterocycles. The van der Waals surface area contributed by atoms with Gasteiger partial charge in [0.2, 0.25) is 0 Å².